The Kier molecular flexibility index (Phi) is 4.93. The molecule has 0 unspecified atom stereocenters. The topological polar surface area (TPSA) is 93.9 Å². The Balaban J connectivity index is 2.47. The van der Waals surface area contributed by atoms with Crippen molar-refractivity contribution < 1.29 is 4.79 Å². The molecule has 0 aliphatic heterocycles. The average molecular weight is 234 g/mol. The minimum Gasteiger partial charge on any atom is -0.341 e. The van der Waals surface area contributed by atoms with Crippen molar-refractivity contribution in [1.29, 1.82) is 10.5 Å². The number of nitrogens with zero attached hydrogens (tertiary/aromatic N) is 3. The van der Waals surface area contributed by atoms with Crippen LogP contribution in [-0.2, 0) is 4.79 Å². The summed E-state index contributed by atoms with van der Waals surface area (Å²) >= 11 is 0. The normalized spacial score (nSPS) is 16.4. The lowest BCUT2D eigenvalue weighted by Gasteiger charge is -2.38. The van der Waals surface area contributed by atoms with E-state index in [1.54, 1.807) is 4.90 Å². The van der Waals surface area contributed by atoms with E-state index < -0.39 is 0 Å². The quantitative estimate of drug-likeness (QED) is 0.739. The summed E-state index contributed by atoms with van der Waals surface area (Å²) in [7, 11) is 0. The first-order valence-electron chi connectivity index (χ1n) is 5.92. The highest BCUT2D eigenvalue weighted by Gasteiger charge is 2.35. The van der Waals surface area contributed by atoms with Crippen molar-refractivity contribution in [2.24, 2.45) is 5.73 Å². The van der Waals surface area contributed by atoms with Crippen molar-refractivity contribution in [3.8, 4) is 12.1 Å². The van der Waals surface area contributed by atoms with E-state index in [9.17, 15) is 4.79 Å². The lowest BCUT2D eigenvalue weighted by molar-refractivity contribution is -0.133. The van der Waals surface area contributed by atoms with Crippen molar-refractivity contribution in [2.45, 2.75) is 44.1 Å². The first-order chi connectivity index (χ1) is 8.11. The van der Waals surface area contributed by atoms with Crippen LogP contribution in [0.2, 0.25) is 0 Å². The maximum absolute atomic E-state index is 12.0. The smallest absolute Gasteiger partial charge is 0.224 e. The predicted molar refractivity (Wildman–Crippen MR) is 62.4 cm³/mol. The van der Waals surface area contributed by atoms with E-state index in [1.807, 2.05) is 12.1 Å². The third kappa shape index (κ3) is 4.05. The Morgan fingerprint density at radius 2 is 1.76 bits per heavy atom. The summed E-state index contributed by atoms with van der Waals surface area (Å²) in [5.74, 6) is -0.0299. The number of hydrogen-bond donors (Lipinski definition) is 1. The molecule has 5 heteroatoms. The highest BCUT2D eigenvalue weighted by atomic mass is 16.2. The Hall–Kier alpha value is -1.59. The Bertz CT molecular complexity index is 330. The maximum Gasteiger partial charge on any atom is 0.224 e. The van der Waals surface area contributed by atoms with Crippen LogP contribution in [0.5, 0.6) is 0 Å². The first kappa shape index (κ1) is 13.5. The first-order valence-corrected chi connectivity index (χ1v) is 5.92. The van der Waals surface area contributed by atoms with Crippen molar-refractivity contribution in [1.82, 2.24) is 4.90 Å². The van der Waals surface area contributed by atoms with E-state index in [0.29, 0.717) is 32.4 Å². The molecule has 92 valence electrons. The highest BCUT2D eigenvalue weighted by Crippen LogP contribution is 2.32. The zero-order valence-corrected chi connectivity index (χ0v) is 9.98. The third-order valence-corrected chi connectivity index (χ3v) is 3.19. The van der Waals surface area contributed by atoms with Crippen LogP contribution < -0.4 is 5.73 Å². The molecule has 0 saturated heterocycles. The minimum atomic E-state index is -0.339. The molecule has 0 heterocycles. The molecule has 1 saturated carbocycles. The molecular weight excluding hydrogens is 216 g/mol. The number of amides is 1. The molecule has 1 rings (SSSR count). The lowest BCUT2D eigenvalue weighted by Crippen LogP contribution is -2.50. The largest absolute Gasteiger partial charge is 0.341 e. The van der Waals surface area contributed by atoms with Gasteiger partial charge in [-0.05, 0) is 19.3 Å². The molecular formula is C12H18N4O. The molecule has 5 nitrogen and oxygen atoms in total. The lowest BCUT2D eigenvalue weighted by atomic mass is 9.75. The van der Waals surface area contributed by atoms with Crippen LogP contribution in [0, 0.1) is 22.7 Å². The third-order valence-electron chi connectivity index (χ3n) is 3.19. The van der Waals surface area contributed by atoms with Gasteiger partial charge in [-0.3, -0.25) is 4.79 Å². The zero-order chi connectivity index (χ0) is 12.7. The van der Waals surface area contributed by atoms with Gasteiger partial charge in [-0.15, -0.1) is 0 Å². The molecule has 0 bridgehead atoms. The van der Waals surface area contributed by atoms with E-state index in [-0.39, 0.29) is 11.4 Å². The molecule has 1 fully saturated rings. The fourth-order valence-electron chi connectivity index (χ4n) is 1.95. The summed E-state index contributed by atoms with van der Waals surface area (Å²) < 4.78 is 0. The number of rotatable bonds is 6. The second-order valence-corrected chi connectivity index (χ2v) is 4.59. The molecule has 0 spiro atoms. The molecule has 1 aliphatic carbocycles. The van der Waals surface area contributed by atoms with Crippen molar-refractivity contribution >= 4 is 5.91 Å². The summed E-state index contributed by atoms with van der Waals surface area (Å²) in [4.78, 5) is 13.6. The monoisotopic (exact) mass is 234 g/mol. The second kappa shape index (κ2) is 6.22. The predicted octanol–water partition coefficient (Wildman–Crippen LogP) is 0.914. The SMILES string of the molecule is N#CCCN(CCC#N)C(=O)CC1(N)CCC1. The van der Waals surface area contributed by atoms with Gasteiger partial charge >= 0.3 is 0 Å². The number of carbonyl (C=O) groups is 1. The van der Waals surface area contributed by atoms with Gasteiger partial charge in [0.05, 0.1) is 25.0 Å². The molecule has 1 aliphatic rings. The van der Waals surface area contributed by atoms with Gasteiger partial charge in [0.25, 0.3) is 0 Å². The second-order valence-electron chi connectivity index (χ2n) is 4.59. The number of carbonyl (C=O) groups excluding carboxylic acids is 1. The van der Waals surface area contributed by atoms with E-state index in [2.05, 4.69) is 0 Å². The fourth-order valence-corrected chi connectivity index (χ4v) is 1.95. The van der Waals surface area contributed by atoms with Gasteiger partial charge in [-0.2, -0.15) is 10.5 Å². The summed E-state index contributed by atoms with van der Waals surface area (Å²) in [5, 5.41) is 17.1. The van der Waals surface area contributed by atoms with Crippen molar-refractivity contribution in [3.63, 3.8) is 0 Å². The summed E-state index contributed by atoms with van der Waals surface area (Å²) in [6.07, 6.45) is 3.81. The Morgan fingerprint density at radius 3 is 2.12 bits per heavy atom. The van der Waals surface area contributed by atoms with Crippen LogP contribution in [0.15, 0.2) is 0 Å². The van der Waals surface area contributed by atoms with Crippen molar-refractivity contribution in [2.75, 3.05) is 13.1 Å². The molecule has 0 aromatic carbocycles. The van der Waals surface area contributed by atoms with Crippen LogP contribution in [0.4, 0.5) is 0 Å². The molecule has 2 N–H and O–H groups in total. The zero-order valence-electron chi connectivity index (χ0n) is 9.98. The van der Waals surface area contributed by atoms with E-state index in [0.717, 1.165) is 19.3 Å². The van der Waals surface area contributed by atoms with E-state index in [4.69, 9.17) is 16.3 Å². The Labute approximate surface area is 102 Å². The molecule has 17 heavy (non-hydrogen) atoms. The summed E-state index contributed by atoms with van der Waals surface area (Å²) in [6, 6.07) is 4.02. The van der Waals surface area contributed by atoms with Crippen LogP contribution in [-0.4, -0.2) is 29.4 Å². The molecule has 0 aromatic rings. The van der Waals surface area contributed by atoms with E-state index >= 15 is 0 Å². The van der Waals surface area contributed by atoms with Gasteiger partial charge in [0.1, 0.15) is 0 Å². The van der Waals surface area contributed by atoms with Gasteiger partial charge in [-0.25, -0.2) is 0 Å². The van der Waals surface area contributed by atoms with Crippen molar-refractivity contribution in [3.05, 3.63) is 0 Å². The molecule has 0 radical (unpaired) electrons. The number of nitriles is 2. The van der Waals surface area contributed by atoms with Crippen LogP contribution in [0.1, 0.15) is 38.5 Å². The fraction of sp³-hybridized carbons (Fsp3) is 0.750. The minimum absolute atomic E-state index is 0.0299. The number of nitrogens with two attached hydrogens (primary N) is 1. The molecule has 1 amide bonds. The van der Waals surface area contributed by atoms with Gasteiger partial charge in [-0.1, -0.05) is 0 Å². The summed E-state index contributed by atoms with van der Waals surface area (Å²) in [5.41, 5.74) is 5.68. The number of hydrogen-bond acceptors (Lipinski definition) is 4. The standard InChI is InChI=1S/C12H18N4O/c13-6-2-8-16(9-3-7-14)11(17)10-12(15)4-1-5-12/h1-5,8-10,15H2. The Morgan fingerprint density at radius 1 is 1.24 bits per heavy atom. The van der Waals surface area contributed by atoms with Gasteiger partial charge < -0.3 is 10.6 Å². The van der Waals surface area contributed by atoms with Gasteiger partial charge in [0.15, 0.2) is 0 Å². The van der Waals surface area contributed by atoms with Gasteiger partial charge in [0.2, 0.25) is 5.91 Å². The average Bonchev–Trinajstić information content (AvgIpc) is 2.27. The maximum atomic E-state index is 12.0. The van der Waals surface area contributed by atoms with Crippen LogP contribution in [0.3, 0.4) is 0 Å². The van der Waals surface area contributed by atoms with Crippen LogP contribution in [0.25, 0.3) is 0 Å². The van der Waals surface area contributed by atoms with Gasteiger partial charge in [0, 0.05) is 25.0 Å². The highest BCUT2D eigenvalue weighted by molar-refractivity contribution is 5.77. The van der Waals surface area contributed by atoms with E-state index in [1.165, 1.54) is 0 Å². The summed E-state index contributed by atoms with van der Waals surface area (Å²) in [6.45, 7) is 0.792. The van der Waals surface area contributed by atoms with Crippen LogP contribution >= 0.6 is 0 Å². The molecule has 0 atom stereocenters. The molecule has 0 aromatic heterocycles.